The number of aromatic nitrogens is 1. The van der Waals surface area contributed by atoms with Gasteiger partial charge in [-0.2, -0.15) is 5.10 Å². The molecule has 9 heteroatoms. The van der Waals surface area contributed by atoms with Gasteiger partial charge in [-0.3, -0.25) is 10.2 Å². The summed E-state index contributed by atoms with van der Waals surface area (Å²) in [6.45, 7) is 6.32. The predicted octanol–water partition coefficient (Wildman–Crippen LogP) is 4.62. The Bertz CT molecular complexity index is 1130. The van der Waals surface area contributed by atoms with Crippen molar-refractivity contribution in [3.8, 4) is 11.5 Å². The second-order valence-electron chi connectivity index (χ2n) is 6.89. The van der Waals surface area contributed by atoms with Crippen LogP contribution in [-0.2, 0) is 16.0 Å². The summed E-state index contributed by atoms with van der Waals surface area (Å²) in [5.41, 5.74) is 5.73. The molecule has 0 amide bonds. The SMILES string of the molecule is CCOC(=O)Cc1csc(NN=Cc2ccc(OC(=O)c3ccc(C)cc3)c(OCC)c2)n1. The molecule has 0 unspecified atom stereocenters. The van der Waals surface area contributed by atoms with Crippen LogP contribution >= 0.6 is 11.3 Å². The van der Waals surface area contributed by atoms with Crippen LogP contribution in [0.5, 0.6) is 11.5 Å². The minimum absolute atomic E-state index is 0.121. The number of thiazole rings is 1. The molecular weight excluding hydrogens is 442 g/mol. The van der Waals surface area contributed by atoms with Crippen LogP contribution in [0.3, 0.4) is 0 Å². The Kier molecular flexibility index (Phi) is 8.54. The van der Waals surface area contributed by atoms with Gasteiger partial charge in [0.25, 0.3) is 0 Å². The maximum absolute atomic E-state index is 12.5. The molecule has 3 aromatic rings. The van der Waals surface area contributed by atoms with Gasteiger partial charge >= 0.3 is 11.9 Å². The fourth-order valence-corrected chi connectivity index (χ4v) is 3.43. The molecule has 0 radical (unpaired) electrons. The van der Waals surface area contributed by atoms with E-state index < -0.39 is 5.97 Å². The van der Waals surface area contributed by atoms with Gasteiger partial charge < -0.3 is 14.2 Å². The first-order valence-corrected chi connectivity index (χ1v) is 11.3. The van der Waals surface area contributed by atoms with Crippen LogP contribution in [0, 0.1) is 6.92 Å². The number of hydrogen-bond acceptors (Lipinski definition) is 9. The molecular formula is C24H25N3O5S. The predicted molar refractivity (Wildman–Crippen MR) is 127 cm³/mol. The normalized spacial score (nSPS) is 10.8. The second-order valence-corrected chi connectivity index (χ2v) is 7.75. The van der Waals surface area contributed by atoms with Gasteiger partial charge in [-0.25, -0.2) is 9.78 Å². The Hall–Kier alpha value is -3.72. The standard InChI is InChI=1S/C24H25N3O5S/c1-4-30-21-12-17(8-11-20(21)32-23(29)18-9-6-16(3)7-10-18)14-25-27-24-26-19(15-33-24)13-22(28)31-5-2/h6-12,14-15H,4-5,13H2,1-3H3,(H,26,27). The van der Waals surface area contributed by atoms with E-state index in [2.05, 4.69) is 15.5 Å². The molecule has 1 heterocycles. The summed E-state index contributed by atoms with van der Waals surface area (Å²) in [6.07, 6.45) is 1.72. The summed E-state index contributed by atoms with van der Waals surface area (Å²) in [5, 5.41) is 6.51. The minimum Gasteiger partial charge on any atom is -0.490 e. The summed E-state index contributed by atoms with van der Waals surface area (Å²) in [4.78, 5) is 28.3. The topological polar surface area (TPSA) is 99.1 Å². The molecule has 0 aliphatic carbocycles. The van der Waals surface area contributed by atoms with Gasteiger partial charge in [0.15, 0.2) is 11.5 Å². The summed E-state index contributed by atoms with van der Waals surface area (Å²) in [6, 6.07) is 12.3. The van der Waals surface area contributed by atoms with Crippen molar-refractivity contribution in [2.75, 3.05) is 18.6 Å². The third kappa shape index (κ3) is 7.15. The molecule has 1 N–H and O–H groups in total. The van der Waals surface area contributed by atoms with E-state index in [1.54, 1.807) is 48.9 Å². The van der Waals surface area contributed by atoms with Crippen molar-refractivity contribution < 1.29 is 23.8 Å². The van der Waals surface area contributed by atoms with E-state index in [1.807, 2.05) is 26.0 Å². The highest BCUT2D eigenvalue weighted by atomic mass is 32.1. The Morgan fingerprint density at radius 3 is 2.61 bits per heavy atom. The molecule has 0 saturated heterocycles. The zero-order chi connectivity index (χ0) is 23.6. The number of anilines is 1. The number of benzene rings is 2. The molecule has 8 nitrogen and oxygen atoms in total. The van der Waals surface area contributed by atoms with Crippen LogP contribution in [0.2, 0.25) is 0 Å². The van der Waals surface area contributed by atoms with Crippen LogP contribution in [0.15, 0.2) is 52.9 Å². The van der Waals surface area contributed by atoms with Crippen molar-refractivity contribution in [1.29, 1.82) is 0 Å². The molecule has 3 rings (SSSR count). The van der Waals surface area contributed by atoms with E-state index in [9.17, 15) is 9.59 Å². The van der Waals surface area contributed by atoms with Gasteiger partial charge in [0.1, 0.15) is 0 Å². The molecule has 2 aromatic carbocycles. The number of carbonyl (C=O) groups excluding carboxylic acids is 2. The van der Waals surface area contributed by atoms with Crippen molar-refractivity contribution in [3.63, 3.8) is 0 Å². The van der Waals surface area contributed by atoms with Crippen LogP contribution in [0.25, 0.3) is 0 Å². The lowest BCUT2D eigenvalue weighted by Crippen LogP contribution is -2.10. The average molecular weight is 468 g/mol. The zero-order valence-electron chi connectivity index (χ0n) is 18.7. The summed E-state index contributed by atoms with van der Waals surface area (Å²) < 4.78 is 16.1. The number of nitrogens with one attached hydrogen (secondary N) is 1. The van der Waals surface area contributed by atoms with E-state index in [0.29, 0.717) is 41.1 Å². The lowest BCUT2D eigenvalue weighted by Gasteiger charge is -2.11. The monoisotopic (exact) mass is 467 g/mol. The van der Waals surface area contributed by atoms with E-state index in [0.717, 1.165) is 11.1 Å². The van der Waals surface area contributed by atoms with Crippen molar-refractivity contribution in [2.24, 2.45) is 5.10 Å². The molecule has 0 aliphatic heterocycles. The highest BCUT2D eigenvalue weighted by Crippen LogP contribution is 2.29. The number of hydrogen-bond donors (Lipinski definition) is 1. The van der Waals surface area contributed by atoms with Crippen molar-refractivity contribution in [1.82, 2.24) is 4.98 Å². The smallest absolute Gasteiger partial charge is 0.343 e. The first kappa shape index (κ1) is 23.9. The molecule has 0 atom stereocenters. The Morgan fingerprint density at radius 1 is 1.09 bits per heavy atom. The zero-order valence-corrected chi connectivity index (χ0v) is 19.5. The first-order valence-electron chi connectivity index (χ1n) is 10.4. The van der Waals surface area contributed by atoms with Crippen LogP contribution in [0.4, 0.5) is 5.13 Å². The van der Waals surface area contributed by atoms with Gasteiger partial charge in [-0.15, -0.1) is 11.3 Å². The molecule has 0 bridgehead atoms. The molecule has 0 spiro atoms. The van der Waals surface area contributed by atoms with Gasteiger partial charge in [-0.1, -0.05) is 17.7 Å². The summed E-state index contributed by atoms with van der Waals surface area (Å²) in [7, 11) is 0. The molecule has 0 fully saturated rings. The largest absolute Gasteiger partial charge is 0.490 e. The lowest BCUT2D eigenvalue weighted by molar-refractivity contribution is -0.142. The van der Waals surface area contributed by atoms with Crippen molar-refractivity contribution in [2.45, 2.75) is 27.2 Å². The Morgan fingerprint density at radius 2 is 1.88 bits per heavy atom. The Balaban J connectivity index is 1.64. The number of esters is 2. The minimum atomic E-state index is -0.457. The van der Waals surface area contributed by atoms with Gasteiger partial charge in [0, 0.05) is 5.38 Å². The number of nitrogens with zero attached hydrogens (tertiary/aromatic N) is 2. The molecule has 1 aromatic heterocycles. The quantitative estimate of drug-likeness (QED) is 0.201. The van der Waals surface area contributed by atoms with Crippen molar-refractivity contribution in [3.05, 3.63) is 70.2 Å². The average Bonchev–Trinajstić information content (AvgIpc) is 3.23. The fraction of sp³-hybridized carbons (Fsp3) is 0.250. The molecule has 0 aliphatic rings. The van der Waals surface area contributed by atoms with Gasteiger partial charge in [-0.05, 0) is 56.7 Å². The van der Waals surface area contributed by atoms with Crippen LogP contribution < -0.4 is 14.9 Å². The number of carbonyl (C=O) groups is 2. The van der Waals surface area contributed by atoms with Crippen molar-refractivity contribution >= 4 is 34.6 Å². The summed E-state index contributed by atoms with van der Waals surface area (Å²) >= 11 is 1.34. The molecule has 0 saturated carbocycles. The third-order valence-electron chi connectivity index (χ3n) is 4.31. The number of hydrazone groups is 1. The number of rotatable bonds is 10. The van der Waals surface area contributed by atoms with E-state index in [4.69, 9.17) is 14.2 Å². The first-order chi connectivity index (χ1) is 16.0. The lowest BCUT2D eigenvalue weighted by atomic mass is 10.1. The Labute approximate surface area is 196 Å². The highest BCUT2D eigenvalue weighted by Gasteiger charge is 2.13. The highest BCUT2D eigenvalue weighted by molar-refractivity contribution is 7.13. The maximum atomic E-state index is 12.5. The summed E-state index contributed by atoms with van der Waals surface area (Å²) in [5.74, 6) is -0.00477. The van der Waals surface area contributed by atoms with Gasteiger partial charge in [0.05, 0.1) is 37.1 Å². The molecule has 172 valence electrons. The maximum Gasteiger partial charge on any atom is 0.343 e. The van der Waals surface area contributed by atoms with E-state index >= 15 is 0 Å². The van der Waals surface area contributed by atoms with Crippen LogP contribution in [-0.4, -0.2) is 36.4 Å². The molecule has 33 heavy (non-hydrogen) atoms. The van der Waals surface area contributed by atoms with E-state index in [1.165, 1.54) is 11.3 Å². The van der Waals surface area contributed by atoms with Gasteiger partial charge in [0.2, 0.25) is 5.13 Å². The second kappa shape index (κ2) is 11.8. The number of aryl methyl sites for hydroxylation is 1. The van der Waals surface area contributed by atoms with E-state index in [-0.39, 0.29) is 12.4 Å². The third-order valence-corrected chi connectivity index (χ3v) is 5.11. The number of ether oxygens (including phenoxy) is 3. The van der Waals surface area contributed by atoms with Crippen LogP contribution in [0.1, 0.15) is 41.0 Å². The fourth-order valence-electron chi connectivity index (χ4n) is 2.77.